The fraction of sp³-hybridized carbons (Fsp3) is 0.478. The van der Waals surface area contributed by atoms with E-state index in [1.54, 1.807) is 40.1 Å². The third kappa shape index (κ3) is 4.03. The lowest BCUT2D eigenvalue weighted by Gasteiger charge is -2.35. The van der Waals surface area contributed by atoms with Gasteiger partial charge in [-0.15, -0.1) is 11.3 Å². The molecule has 5 rings (SSSR count). The molecule has 4 heterocycles. The zero-order valence-corrected chi connectivity index (χ0v) is 19.9. The standard InChI is InChI=1S/C23H26N4O3S2/c1-14(22(28)26-9-11-27(12-10-26)23(29)17-7-5-13-30-17)31-20-19-16-6-3-4-8-18(16)32-21(19)25-15(2)24-20/h5,7,13-14H,3-4,6,8-12H2,1-2H3/t14-/m1/s1. The summed E-state index contributed by atoms with van der Waals surface area (Å²) in [5, 5.41) is 1.84. The summed E-state index contributed by atoms with van der Waals surface area (Å²) in [5.41, 5.74) is 1.39. The van der Waals surface area contributed by atoms with Crippen molar-refractivity contribution >= 4 is 45.1 Å². The molecule has 0 unspecified atom stereocenters. The van der Waals surface area contributed by atoms with Gasteiger partial charge in [0, 0.05) is 36.4 Å². The van der Waals surface area contributed by atoms with Crippen LogP contribution in [0.1, 0.15) is 46.6 Å². The number of rotatable bonds is 4. The van der Waals surface area contributed by atoms with E-state index in [0.717, 1.165) is 33.9 Å². The first-order valence-electron chi connectivity index (χ1n) is 11.1. The predicted molar refractivity (Wildman–Crippen MR) is 125 cm³/mol. The molecule has 0 radical (unpaired) electrons. The predicted octanol–water partition coefficient (Wildman–Crippen LogP) is 3.94. The molecule has 1 aliphatic carbocycles. The first-order chi connectivity index (χ1) is 15.5. The molecule has 1 aliphatic heterocycles. The van der Waals surface area contributed by atoms with Gasteiger partial charge in [0.15, 0.2) is 5.76 Å². The number of amides is 2. The third-order valence-electron chi connectivity index (χ3n) is 6.14. The summed E-state index contributed by atoms with van der Waals surface area (Å²) in [6.45, 7) is 5.96. The van der Waals surface area contributed by atoms with Crippen molar-refractivity contribution in [1.29, 1.82) is 0 Å². The Morgan fingerprint density at radius 1 is 1.12 bits per heavy atom. The molecule has 0 N–H and O–H groups in total. The van der Waals surface area contributed by atoms with Crippen molar-refractivity contribution in [3.05, 3.63) is 40.4 Å². The summed E-state index contributed by atoms with van der Waals surface area (Å²) in [7, 11) is 0. The molecule has 0 saturated carbocycles. The van der Waals surface area contributed by atoms with Gasteiger partial charge < -0.3 is 14.2 Å². The van der Waals surface area contributed by atoms with E-state index < -0.39 is 0 Å². The Balaban J connectivity index is 1.28. The number of thioether (sulfide) groups is 1. The summed E-state index contributed by atoms with van der Waals surface area (Å²) in [4.78, 5) is 41.2. The van der Waals surface area contributed by atoms with Gasteiger partial charge in [0.05, 0.1) is 11.5 Å². The number of furan rings is 1. The number of piperazine rings is 1. The van der Waals surface area contributed by atoms with E-state index in [-0.39, 0.29) is 17.1 Å². The lowest BCUT2D eigenvalue weighted by Crippen LogP contribution is -2.52. The Bertz CT molecular complexity index is 1150. The molecule has 1 fully saturated rings. The van der Waals surface area contributed by atoms with Crippen molar-refractivity contribution in [2.24, 2.45) is 0 Å². The highest BCUT2D eigenvalue weighted by Crippen LogP contribution is 2.40. The smallest absolute Gasteiger partial charge is 0.289 e. The van der Waals surface area contributed by atoms with E-state index >= 15 is 0 Å². The maximum Gasteiger partial charge on any atom is 0.289 e. The average molecular weight is 471 g/mol. The van der Waals surface area contributed by atoms with E-state index in [2.05, 4.69) is 4.98 Å². The van der Waals surface area contributed by atoms with Crippen LogP contribution in [-0.4, -0.2) is 63.0 Å². The van der Waals surface area contributed by atoms with Crippen molar-refractivity contribution in [1.82, 2.24) is 19.8 Å². The second-order valence-electron chi connectivity index (χ2n) is 8.32. The van der Waals surface area contributed by atoms with Crippen LogP contribution in [0.3, 0.4) is 0 Å². The quantitative estimate of drug-likeness (QED) is 0.425. The van der Waals surface area contributed by atoms with Crippen molar-refractivity contribution < 1.29 is 14.0 Å². The topological polar surface area (TPSA) is 79.5 Å². The fourth-order valence-corrected chi connectivity index (χ4v) is 6.95. The van der Waals surface area contributed by atoms with E-state index in [0.29, 0.717) is 31.9 Å². The lowest BCUT2D eigenvalue weighted by molar-refractivity contribution is -0.131. The van der Waals surface area contributed by atoms with Gasteiger partial charge >= 0.3 is 0 Å². The van der Waals surface area contributed by atoms with E-state index in [1.165, 1.54) is 29.5 Å². The molecule has 1 saturated heterocycles. The fourth-order valence-electron chi connectivity index (χ4n) is 4.47. The molecule has 0 spiro atoms. The molecular formula is C23H26N4O3S2. The van der Waals surface area contributed by atoms with Gasteiger partial charge in [-0.1, -0.05) is 11.8 Å². The normalized spacial score (nSPS) is 17.4. The number of nitrogens with zero attached hydrogens (tertiary/aromatic N) is 4. The summed E-state index contributed by atoms with van der Waals surface area (Å²) in [6, 6.07) is 3.38. The first-order valence-corrected chi connectivity index (χ1v) is 12.8. The molecule has 168 valence electrons. The minimum atomic E-state index is -0.251. The largest absolute Gasteiger partial charge is 0.459 e. The van der Waals surface area contributed by atoms with Crippen LogP contribution in [0, 0.1) is 6.92 Å². The number of fused-ring (bicyclic) bond motifs is 3. The highest BCUT2D eigenvalue weighted by atomic mass is 32.2. The van der Waals surface area contributed by atoms with Crippen LogP contribution in [0.15, 0.2) is 27.8 Å². The summed E-state index contributed by atoms with van der Waals surface area (Å²) in [6.07, 6.45) is 6.13. The molecule has 7 nitrogen and oxygen atoms in total. The molecule has 0 aromatic carbocycles. The van der Waals surface area contributed by atoms with Crippen LogP contribution < -0.4 is 0 Å². The second kappa shape index (κ2) is 8.86. The lowest BCUT2D eigenvalue weighted by atomic mass is 9.97. The van der Waals surface area contributed by atoms with Gasteiger partial charge in [0.2, 0.25) is 5.91 Å². The summed E-state index contributed by atoms with van der Waals surface area (Å²) in [5.74, 6) is 1.07. The van der Waals surface area contributed by atoms with E-state index in [9.17, 15) is 9.59 Å². The number of hydrogen-bond acceptors (Lipinski definition) is 7. The first kappa shape index (κ1) is 21.5. The summed E-state index contributed by atoms with van der Waals surface area (Å²) >= 11 is 3.33. The van der Waals surface area contributed by atoms with Gasteiger partial charge in [-0.25, -0.2) is 9.97 Å². The average Bonchev–Trinajstić information content (AvgIpc) is 3.46. The van der Waals surface area contributed by atoms with Gasteiger partial charge in [0.25, 0.3) is 5.91 Å². The highest BCUT2D eigenvalue weighted by molar-refractivity contribution is 8.00. The van der Waals surface area contributed by atoms with Gasteiger partial charge in [-0.3, -0.25) is 9.59 Å². The van der Waals surface area contributed by atoms with E-state index in [1.807, 2.05) is 18.7 Å². The number of carbonyl (C=O) groups excluding carboxylic acids is 2. The molecule has 2 amide bonds. The number of hydrogen-bond donors (Lipinski definition) is 0. The van der Waals surface area contributed by atoms with Crippen LogP contribution in [-0.2, 0) is 17.6 Å². The van der Waals surface area contributed by atoms with Gasteiger partial charge in [-0.05, 0) is 57.2 Å². The minimum absolute atomic E-state index is 0.0913. The number of carbonyl (C=O) groups is 2. The maximum absolute atomic E-state index is 13.2. The van der Waals surface area contributed by atoms with Crippen molar-refractivity contribution in [3.8, 4) is 0 Å². The SMILES string of the molecule is Cc1nc(S[C@H](C)C(=O)N2CCN(C(=O)c3ccco3)CC2)c2c3c(sc2n1)CCCC3. The van der Waals surface area contributed by atoms with Gasteiger partial charge in [0.1, 0.15) is 15.7 Å². The highest BCUT2D eigenvalue weighted by Gasteiger charge is 2.30. The van der Waals surface area contributed by atoms with Crippen molar-refractivity contribution in [2.75, 3.05) is 26.2 Å². The Morgan fingerprint density at radius 3 is 2.62 bits per heavy atom. The molecule has 0 bridgehead atoms. The van der Waals surface area contributed by atoms with Crippen molar-refractivity contribution in [3.63, 3.8) is 0 Å². The zero-order valence-electron chi connectivity index (χ0n) is 18.3. The minimum Gasteiger partial charge on any atom is -0.459 e. The van der Waals surface area contributed by atoms with Crippen LogP contribution in [0.25, 0.3) is 10.2 Å². The number of aryl methyl sites for hydroxylation is 3. The van der Waals surface area contributed by atoms with Crippen LogP contribution in [0.2, 0.25) is 0 Å². The molecule has 3 aromatic heterocycles. The molecular weight excluding hydrogens is 444 g/mol. The van der Waals surface area contributed by atoms with Gasteiger partial charge in [-0.2, -0.15) is 0 Å². The zero-order chi connectivity index (χ0) is 22.2. The monoisotopic (exact) mass is 470 g/mol. The third-order valence-corrected chi connectivity index (χ3v) is 8.40. The molecule has 9 heteroatoms. The van der Waals surface area contributed by atoms with Crippen LogP contribution in [0.4, 0.5) is 0 Å². The number of aromatic nitrogens is 2. The Kier molecular flexibility index (Phi) is 5.94. The Labute approximate surface area is 195 Å². The molecule has 2 aliphatic rings. The second-order valence-corrected chi connectivity index (χ2v) is 10.7. The number of thiophene rings is 1. The molecule has 32 heavy (non-hydrogen) atoms. The van der Waals surface area contributed by atoms with E-state index in [4.69, 9.17) is 9.40 Å². The molecule has 1 atom stereocenters. The Morgan fingerprint density at radius 2 is 1.88 bits per heavy atom. The Hall–Kier alpha value is -2.39. The van der Waals surface area contributed by atoms with Crippen LogP contribution in [0.5, 0.6) is 0 Å². The van der Waals surface area contributed by atoms with Crippen molar-refractivity contribution in [2.45, 2.75) is 49.8 Å². The van der Waals surface area contributed by atoms with Crippen LogP contribution >= 0.6 is 23.1 Å². The summed E-state index contributed by atoms with van der Waals surface area (Å²) < 4.78 is 5.22. The molecule has 3 aromatic rings. The maximum atomic E-state index is 13.2.